The van der Waals surface area contributed by atoms with Crippen LogP contribution in [0.3, 0.4) is 0 Å². The first-order chi connectivity index (χ1) is 12.6. The fourth-order valence-corrected chi connectivity index (χ4v) is 2.91. The standard InChI is InChI=1S/C21H18N2O3/c1-13-3-4-14-10-15-11-18(26-21(15)23-19(14)9-13)12-20(24)22-16-5-7-17(25-2)8-6-16/h3-11H,12H2,1-2H3,(H,22,24). The zero-order valence-electron chi connectivity index (χ0n) is 14.6. The maximum Gasteiger partial charge on any atom is 0.231 e. The van der Waals surface area contributed by atoms with Crippen LogP contribution in [0.25, 0.3) is 22.0 Å². The largest absolute Gasteiger partial charge is 0.497 e. The van der Waals surface area contributed by atoms with Crippen molar-refractivity contribution in [2.45, 2.75) is 13.3 Å². The number of hydrogen-bond acceptors (Lipinski definition) is 4. The topological polar surface area (TPSA) is 64.4 Å². The van der Waals surface area contributed by atoms with Crippen LogP contribution in [-0.4, -0.2) is 18.0 Å². The van der Waals surface area contributed by atoms with E-state index in [-0.39, 0.29) is 12.3 Å². The van der Waals surface area contributed by atoms with Gasteiger partial charge < -0.3 is 14.5 Å². The number of ether oxygens (including phenoxy) is 1. The number of pyridine rings is 1. The molecular weight excluding hydrogens is 328 g/mol. The van der Waals surface area contributed by atoms with Gasteiger partial charge in [-0.3, -0.25) is 4.79 Å². The Hall–Kier alpha value is -3.34. The van der Waals surface area contributed by atoms with E-state index in [4.69, 9.17) is 9.15 Å². The molecule has 0 saturated carbocycles. The summed E-state index contributed by atoms with van der Waals surface area (Å²) >= 11 is 0. The Morgan fingerprint density at radius 3 is 2.65 bits per heavy atom. The van der Waals surface area contributed by atoms with Crippen LogP contribution in [-0.2, 0) is 11.2 Å². The van der Waals surface area contributed by atoms with Crippen LogP contribution >= 0.6 is 0 Å². The summed E-state index contributed by atoms with van der Waals surface area (Å²) in [6.45, 7) is 2.03. The van der Waals surface area contributed by atoms with Crippen molar-refractivity contribution >= 4 is 33.6 Å². The van der Waals surface area contributed by atoms with Crippen LogP contribution in [0.2, 0.25) is 0 Å². The number of benzene rings is 2. The lowest BCUT2D eigenvalue weighted by molar-refractivity contribution is -0.115. The summed E-state index contributed by atoms with van der Waals surface area (Å²) in [7, 11) is 1.61. The number of aromatic nitrogens is 1. The van der Waals surface area contributed by atoms with E-state index in [2.05, 4.69) is 16.4 Å². The van der Waals surface area contributed by atoms with E-state index in [0.29, 0.717) is 17.2 Å². The van der Waals surface area contributed by atoms with Gasteiger partial charge in [0.15, 0.2) is 0 Å². The highest BCUT2D eigenvalue weighted by Gasteiger charge is 2.11. The molecule has 0 aliphatic rings. The Morgan fingerprint density at radius 1 is 1.08 bits per heavy atom. The molecule has 26 heavy (non-hydrogen) atoms. The van der Waals surface area contributed by atoms with Crippen molar-refractivity contribution in [1.82, 2.24) is 4.98 Å². The molecule has 0 bridgehead atoms. The van der Waals surface area contributed by atoms with Crippen LogP contribution in [0.1, 0.15) is 11.3 Å². The number of hydrogen-bond donors (Lipinski definition) is 1. The van der Waals surface area contributed by atoms with Crippen molar-refractivity contribution in [1.29, 1.82) is 0 Å². The van der Waals surface area contributed by atoms with Crippen molar-refractivity contribution in [3.8, 4) is 5.75 Å². The Bertz CT molecular complexity index is 1100. The number of carbonyl (C=O) groups excluding carboxylic acids is 1. The number of rotatable bonds is 4. The molecule has 0 radical (unpaired) electrons. The van der Waals surface area contributed by atoms with Gasteiger partial charge in [-0.15, -0.1) is 0 Å². The van der Waals surface area contributed by atoms with Gasteiger partial charge in [-0.25, -0.2) is 4.98 Å². The summed E-state index contributed by atoms with van der Waals surface area (Å²) in [5, 5.41) is 4.80. The minimum absolute atomic E-state index is 0.144. The van der Waals surface area contributed by atoms with Crippen LogP contribution < -0.4 is 10.1 Å². The number of aryl methyl sites for hydroxylation is 1. The van der Waals surface area contributed by atoms with Crippen molar-refractivity contribution in [3.05, 3.63) is 65.9 Å². The minimum Gasteiger partial charge on any atom is -0.497 e. The van der Waals surface area contributed by atoms with Crippen LogP contribution in [0.4, 0.5) is 5.69 Å². The lowest BCUT2D eigenvalue weighted by Crippen LogP contribution is -2.13. The average molecular weight is 346 g/mol. The molecule has 1 N–H and O–H groups in total. The van der Waals surface area contributed by atoms with Crippen LogP contribution in [0.5, 0.6) is 5.75 Å². The molecule has 0 aliphatic carbocycles. The molecule has 0 saturated heterocycles. The lowest BCUT2D eigenvalue weighted by Gasteiger charge is -2.05. The number of fused-ring (bicyclic) bond motifs is 2. The molecule has 2 aromatic carbocycles. The molecule has 2 aromatic heterocycles. The number of furan rings is 1. The maximum absolute atomic E-state index is 12.3. The number of methoxy groups -OCH3 is 1. The third-order valence-corrected chi connectivity index (χ3v) is 4.22. The molecule has 4 rings (SSSR count). The van der Waals surface area contributed by atoms with Gasteiger partial charge in [-0.2, -0.15) is 0 Å². The first-order valence-electron chi connectivity index (χ1n) is 8.34. The van der Waals surface area contributed by atoms with Crippen molar-refractivity contribution in [2.75, 3.05) is 12.4 Å². The Kier molecular flexibility index (Phi) is 4.05. The number of amides is 1. The summed E-state index contributed by atoms with van der Waals surface area (Å²) in [5.74, 6) is 1.19. The minimum atomic E-state index is -0.144. The highest BCUT2D eigenvalue weighted by molar-refractivity contribution is 5.94. The number of nitrogens with zero attached hydrogens (tertiary/aromatic N) is 1. The predicted molar refractivity (Wildman–Crippen MR) is 102 cm³/mol. The van der Waals surface area contributed by atoms with Gasteiger partial charge in [0.05, 0.1) is 19.0 Å². The van der Waals surface area contributed by atoms with Gasteiger partial charge in [0.25, 0.3) is 0 Å². The Morgan fingerprint density at radius 2 is 1.88 bits per heavy atom. The highest BCUT2D eigenvalue weighted by Crippen LogP contribution is 2.24. The second kappa shape index (κ2) is 6.52. The normalized spacial score (nSPS) is 11.0. The summed E-state index contributed by atoms with van der Waals surface area (Å²) in [6, 6.07) is 17.2. The zero-order valence-corrected chi connectivity index (χ0v) is 14.6. The Labute approximate surface area is 150 Å². The van der Waals surface area contributed by atoms with Gasteiger partial charge in [0.2, 0.25) is 11.6 Å². The highest BCUT2D eigenvalue weighted by atomic mass is 16.5. The summed E-state index contributed by atoms with van der Waals surface area (Å²) in [6.07, 6.45) is 0.151. The van der Waals surface area contributed by atoms with Crippen LogP contribution in [0.15, 0.2) is 59.0 Å². The number of carbonyl (C=O) groups is 1. The van der Waals surface area contributed by atoms with Crippen molar-refractivity contribution in [2.24, 2.45) is 0 Å². The lowest BCUT2D eigenvalue weighted by atomic mass is 10.1. The monoisotopic (exact) mass is 346 g/mol. The summed E-state index contributed by atoms with van der Waals surface area (Å²) in [4.78, 5) is 16.8. The zero-order chi connectivity index (χ0) is 18.1. The molecule has 0 aliphatic heterocycles. The van der Waals surface area contributed by atoms with Gasteiger partial charge in [0.1, 0.15) is 11.5 Å². The van der Waals surface area contributed by atoms with E-state index in [1.54, 1.807) is 31.4 Å². The fraction of sp³-hybridized carbons (Fsp3) is 0.143. The third kappa shape index (κ3) is 3.24. The smallest absolute Gasteiger partial charge is 0.231 e. The first kappa shape index (κ1) is 16.1. The molecule has 2 heterocycles. The molecule has 0 fully saturated rings. The van der Waals surface area contributed by atoms with Crippen molar-refractivity contribution < 1.29 is 13.9 Å². The number of nitrogens with one attached hydrogen (secondary N) is 1. The molecule has 5 heteroatoms. The van der Waals surface area contributed by atoms with Gasteiger partial charge in [0, 0.05) is 16.5 Å². The molecule has 1 amide bonds. The Balaban J connectivity index is 1.54. The SMILES string of the molecule is COc1ccc(NC(=O)Cc2cc3cc4ccc(C)cc4nc3o2)cc1. The van der Waals surface area contributed by atoms with Crippen molar-refractivity contribution in [3.63, 3.8) is 0 Å². The molecule has 0 spiro atoms. The van der Waals surface area contributed by atoms with Gasteiger partial charge in [-0.1, -0.05) is 12.1 Å². The molecular formula is C21H18N2O3. The quantitative estimate of drug-likeness (QED) is 0.592. The van der Waals surface area contributed by atoms with E-state index in [1.807, 2.05) is 31.2 Å². The molecule has 130 valence electrons. The molecule has 5 nitrogen and oxygen atoms in total. The van der Waals surface area contributed by atoms with Gasteiger partial charge in [-0.05, 0) is 55.0 Å². The van der Waals surface area contributed by atoms with E-state index in [9.17, 15) is 4.79 Å². The number of anilines is 1. The summed E-state index contributed by atoms with van der Waals surface area (Å²) in [5.41, 5.74) is 3.30. The van der Waals surface area contributed by atoms with Gasteiger partial charge >= 0.3 is 0 Å². The maximum atomic E-state index is 12.3. The first-order valence-corrected chi connectivity index (χ1v) is 8.34. The van der Waals surface area contributed by atoms with E-state index >= 15 is 0 Å². The third-order valence-electron chi connectivity index (χ3n) is 4.22. The fourth-order valence-electron chi connectivity index (χ4n) is 2.91. The predicted octanol–water partition coefficient (Wildman–Crippen LogP) is 4.48. The molecule has 0 unspecified atom stereocenters. The molecule has 0 atom stereocenters. The van der Waals surface area contributed by atoms with E-state index in [1.165, 1.54) is 0 Å². The molecule has 4 aromatic rings. The average Bonchev–Trinajstić information content (AvgIpc) is 3.01. The van der Waals surface area contributed by atoms with E-state index < -0.39 is 0 Å². The second-order valence-electron chi connectivity index (χ2n) is 6.25. The van der Waals surface area contributed by atoms with E-state index in [0.717, 1.165) is 27.6 Å². The second-order valence-corrected chi connectivity index (χ2v) is 6.25. The summed E-state index contributed by atoms with van der Waals surface area (Å²) < 4.78 is 10.9. The van der Waals surface area contributed by atoms with Crippen LogP contribution in [0, 0.1) is 6.92 Å².